The predicted molar refractivity (Wildman–Crippen MR) is 70.0 cm³/mol. The van der Waals surface area contributed by atoms with Crippen LogP contribution in [0.5, 0.6) is 0 Å². The maximum absolute atomic E-state index is 12.0. The lowest BCUT2D eigenvalue weighted by Crippen LogP contribution is -2.48. The number of nitrogens with zero attached hydrogens (tertiary/aromatic N) is 1. The maximum Gasteiger partial charge on any atom is 0.410 e. The van der Waals surface area contributed by atoms with E-state index in [4.69, 9.17) is 10.5 Å². The molecule has 0 saturated carbocycles. The molecule has 1 saturated heterocycles. The zero-order chi connectivity index (χ0) is 13.0. The number of likely N-dealkylation sites (tertiary alicyclic amines) is 1. The summed E-state index contributed by atoms with van der Waals surface area (Å²) in [5.41, 5.74) is 6.88. The van der Waals surface area contributed by atoms with Gasteiger partial charge >= 0.3 is 6.09 Å². The normalized spacial score (nSPS) is 23.8. The Labute approximate surface area is 108 Å². The van der Waals surface area contributed by atoms with Gasteiger partial charge in [-0.15, -0.1) is 0 Å². The highest BCUT2D eigenvalue weighted by Crippen LogP contribution is 2.17. The van der Waals surface area contributed by atoms with Gasteiger partial charge in [-0.3, -0.25) is 0 Å². The Kier molecular flexibility index (Phi) is 4.20. The third-order valence-electron chi connectivity index (χ3n) is 3.36. The van der Waals surface area contributed by atoms with Crippen LogP contribution in [0.1, 0.15) is 25.3 Å². The molecule has 1 aliphatic rings. The summed E-state index contributed by atoms with van der Waals surface area (Å²) < 4.78 is 5.32. The summed E-state index contributed by atoms with van der Waals surface area (Å²) in [6.45, 7) is 3.04. The molecule has 2 atom stereocenters. The van der Waals surface area contributed by atoms with E-state index in [-0.39, 0.29) is 18.2 Å². The molecule has 4 heteroatoms. The first-order valence-electron chi connectivity index (χ1n) is 6.39. The molecule has 0 unspecified atom stereocenters. The fraction of sp³-hybridized carbons (Fsp3) is 0.500. The zero-order valence-corrected chi connectivity index (χ0v) is 10.7. The number of benzene rings is 1. The first-order chi connectivity index (χ1) is 8.66. The summed E-state index contributed by atoms with van der Waals surface area (Å²) in [4.78, 5) is 13.7. The van der Waals surface area contributed by atoms with Crippen molar-refractivity contribution in [2.45, 2.75) is 38.5 Å². The summed E-state index contributed by atoms with van der Waals surface area (Å²) in [5.74, 6) is 0. The molecule has 0 aromatic heterocycles. The number of hydrogen-bond donors (Lipinski definition) is 1. The molecule has 0 radical (unpaired) electrons. The number of carbonyl (C=O) groups is 1. The van der Waals surface area contributed by atoms with Gasteiger partial charge in [0, 0.05) is 18.6 Å². The highest BCUT2D eigenvalue weighted by molar-refractivity contribution is 5.68. The fourth-order valence-electron chi connectivity index (χ4n) is 2.28. The van der Waals surface area contributed by atoms with Crippen molar-refractivity contribution >= 4 is 6.09 Å². The van der Waals surface area contributed by atoms with Gasteiger partial charge in [-0.2, -0.15) is 0 Å². The summed E-state index contributed by atoms with van der Waals surface area (Å²) in [6.07, 6.45) is 1.46. The monoisotopic (exact) mass is 248 g/mol. The van der Waals surface area contributed by atoms with Gasteiger partial charge in [-0.25, -0.2) is 4.79 Å². The Morgan fingerprint density at radius 3 is 2.83 bits per heavy atom. The molecule has 1 heterocycles. The molecule has 0 aliphatic carbocycles. The van der Waals surface area contributed by atoms with E-state index in [9.17, 15) is 4.79 Å². The van der Waals surface area contributed by atoms with Crippen molar-refractivity contribution in [2.24, 2.45) is 5.73 Å². The summed E-state index contributed by atoms with van der Waals surface area (Å²) in [6, 6.07) is 10.1. The van der Waals surface area contributed by atoms with Crippen molar-refractivity contribution in [3.05, 3.63) is 35.9 Å². The van der Waals surface area contributed by atoms with Crippen LogP contribution >= 0.6 is 0 Å². The second-order valence-electron chi connectivity index (χ2n) is 4.87. The van der Waals surface area contributed by atoms with Gasteiger partial charge in [0.1, 0.15) is 6.61 Å². The van der Waals surface area contributed by atoms with Crippen molar-refractivity contribution < 1.29 is 9.53 Å². The predicted octanol–water partition coefficient (Wildman–Crippen LogP) is 2.13. The van der Waals surface area contributed by atoms with Crippen LogP contribution in [0.3, 0.4) is 0 Å². The van der Waals surface area contributed by atoms with Crippen LogP contribution in [0, 0.1) is 0 Å². The van der Waals surface area contributed by atoms with Crippen LogP contribution in [0.25, 0.3) is 0 Å². The van der Waals surface area contributed by atoms with Gasteiger partial charge in [0.15, 0.2) is 0 Å². The van der Waals surface area contributed by atoms with E-state index in [1.165, 1.54) is 0 Å². The van der Waals surface area contributed by atoms with E-state index >= 15 is 0 Å². The zero-order valence-electron chi connectivity index (χ0n) is 10.7. The van der Waals surface area contributed by atoms with E-state index in [2.05, 4.69) is 0 Å². The van der Waals surface area contributed by atoms with Crippen LogP contribution in [0.15, 0.2) is 30.3 Å². The third-order valence-corrected chi connectivity index (χ3v) is 3.36. The molecule has 4 nitrogen and oxygen atoms in total. The van der Waals surface area contributed by atoms with Gasteiger partial charge in [0.2, 0.25) is 0 Å². The maximum atomic E-state index is 12.0. The Hall–Kier alpha value is -1.55. The summed E-state index contributed by atoms with van der Waals surface area (Å²) in [7, 11) is 0. The molecule has 1 amide bonds. The molecule has 18 heavy (non-hydrogen) atoms. The first kappa shape index (κ1) is 12.9. The van der Waals surface area contributed by atoms with Crippen LogP contribution in [0.4, 0.5) is 4.79 Å². The van der Waals surface area contributed by atoms with Crippen LogP contribution in [-0.2, 0) is 11.3 Å². The van der Waals surface area contributed by atoms with Crippen molar-refractivity contribution in [1.82, 2.24) is 4.90 Å². The van der Waals surface area contributed by atoms with E-state index in [1.807, 2.05) is 37.3 Å². The molecule has 0 bridgehead atoms. The summed E-state index contributed by atoms with van der Waals surface area (Å²) in [5, 5.41) is 0. The van der Waals surface area contributed by atoms with E-state index in [0.29, 0.717) is 13.2 Å². The minimum atomic E-state index is -0.238. The Morgan fingerprint density at radius 1 is 1.44 bits per heavy atom. The van der Waals surface area contributed by atoms with Crippen molar-refractivity contribution in [3.8, 4) is 0 Å². The summed E-state index contributed by atoms with van der Waals surface area (Å²) >= 11 is 0. The Morgan fingerprint density at radius 2 is 2.17 bits per heavy atom. The molecule has 0 spiro atoms. The second kappa shape index (κ2) is 5.87. The lowest BCUT2D eigenvalue weighted by Gasteiger charge is -2.35. The molecule has 1 aromatic carbocycles. The second-order valence-corrected chi connectivity index (χ2v) is 4.87. The van der Waals surface area contributed by atoms with Crippen LogP contribution in [-0.4, -0.2) is 29.6 Å². The molecule has 1 fully saturated rings. The number of rotatable bonds is 2. The standard InChI is InChI=1S/C14H20N2O2/c1-11-9-13(15)7-8-16(11)14(17)18-10-12-5-3-2-4-6-12/h2-6,11,13H,7-10,15H2,1H3/t11-,13-/m0/s1. The Bertz CT molecular complexity index is 394. The lowest BCUT2D eigenvalue weighted by atomic mass is 10.00. The number of amides is 1. The SMILES string of the molecule is C[C@H]1C[C@@H](N)CCN1C(=O)OCc1ccccc1. The van der Waals surface area contributed by atoms with E-state index < -0.39 is 0 Å². The minimum Gasteiger partial charge on any atom is -0.445 e. The largest absolute Gasteiger partial charge is 0.445 e. The minimum absolute atomic E-state index is 0.164. The van der Waals surface area contributed by atoms with Crippen molar-refractivity contribution in [2.75, 3.05) is 6.54 Å². The van der Waals surface area contributed by atoms with Crippen molar-refractivity contribution in [1.29, 1.82) is 0 Å². The van der Waals surface area contributed by atoms with E-state index in [1.54, 1.807) is 4.90 Å². The number of hydrogen-bond acceptors (Lipinski definition) is 3. The average Bonchev–Trinajstić information content (AvgIpc) is 2.37. The van der Waals surface area contributed by atoms with Gasteiger partial charge in [-0.05, 0) is 25.3 Å². The molecular formula is C14H20N2O2. The average molecular weight is 248 g/mol. The molecule has 2 N–H and O–H groups in total. The van der Waals surface area contributed by atoms with Gasteiger partial charge in [0.25, 0.3) is 0 Å². The number of piperidine rings is 1. The Balaban J connectivity index is 1.85. The smallest absolute Gasteiger partial charge is 0.410 e. The van der Waals surface area contributed by atoms with Crippen LogP contribution < -0.4 is 5.73 Å². The molecule has 1 aromatic rings. The molecule has 98 valence electrons. The van der Waals surface area contributed by atoms with Crippen molar-refractivity contribution in [3.63, 3.8) is 0 Å². The van der Waals surface area contributed by atoms with Gasteiger partial charge in [0.05, 0.1) is 0 Å². The molecule has 1 aliphatic heterocycles. The third kappa shape index (κ3) is 3.23. The van der Waals surface area contributed by atoms with E-state index in [0.717, 1.165) is 18.4 Å². The first-order valence-corrected chi connectivity index (χ1v) is 6.39. The fourth-order valence-corrected chi connectivity index (χ4v) is 2.28. The number of nitrogens with two attached hydrogens (primary N) is 1. The van der Waals surface area contributed by atoms with Gasteiger partial charge < -0.3 is 15.4 Å². The molecular weight excluding hydrogens is 228 g/mol. The number of carbonyl (C=O) groups excluding carboxylic acids is 1. The van der Waals surface area contributed by atoms with Gasteiger partial charge in [-0.1, -0.05) is 30.3 Å². The highest BCUT2D eigenvalue weighted by atomic mass is 16.6. The number of ether oxygens (including phenoxy) is 1. The van der Waals surface area contributed by atoms with Crippen LogP contribution in [0.2, 0.25) is 0 Å². The quantitative estimate of drug-likeness (QED) is 0.872. The highest BCUT2D eigenvalue weighted by Gasteiger charge is 2.27. The molecule has 2 rings (SSSR count). The lowest BCUT2D eigenvalue weighted by molar-refractivity contribution is 0.0690. The topological polar surface area (TPSA) is 55.6 Å².